The van der Waals surface area contributed by atoms with Crippen molar-refractivity contribution in [3.8, 4) is 5.75 Å². The fraction of sp³-hybridized carbons (Fsp3) is 0.333. The van der Waals surface area contributed by atoms with Gasteiger partial charge in [0.2, 0.25) is 10.0 Å². The first-order valence-electron chi connectivity index (χ1n) is 7.83. The molecule has 0 aliphatic carbocycles. The smallest absolute Gasteiger partial charge is 0.246 e. The van der Waals surface area contributed by atoms with E-state index in [-0.39, 0.29) is 11.0 Å². The lowest BCUT2D eigenvalue weighted by atomic mass is 10.1. The van der Waals surface area contributed by atoms with Crippen molar-refractivity contribution in [2.45, 2.75) is 17.9 Å². The summed E-state index contributed by atoms with van der Waals surface area (Å²) in [5.74, 6) is 0.364. The number of rotatable bonds is 4. The summed E-state index contributed by atoms with van der Waals surface area (Å²) in [7, 11) is -2.16. The summed E-state index contributed by atoms with van der Waals surface area (Å²) < 4.78 is 38.7. The molecule has 128 valence electrons. The number of benzene rings is 2. The number of ether oxygens (including phenoxy) is 2. The molecule has 0 spiro atoms. The fourth-order valence-electron chi connectivity index (χ4n) is 2.84. The Morgan fingerprint density at radius 2 is 1.92 bits per heavy atom. The van der Waals surface area contributed by atoms with Crippen LogP contribution in [0.4, 0.5) is 0 Å². The molecule has 0 amide bonds. The molecular formula is C18H21NO4S. The van der Waals surface area contributed by atoms with Crippen molar-refractivity contribution in [2.24, 2.45) is 0 Å². The van der Waals surface area contributed by atoms with Gasteiger partial charge in [0.25, 0.3) is 0 Å². The van der Waals surface area contributed by atoms with E-state index in [2.05, 4.69) is 0 Å². The van der Waals surface area contributed by atoms with E-state index in [1.165, 1.54) is 11.4 Å². The molecule has 1 saturated heterocycles. The molecule has 2 aromatic rings. The van der Waals surface area contributed by atoms with Gasteiger partial charge < -0.3 is 9.47 Å². The molecule has 5 nitrogen and oxygen atoms in total. The van der Waals surface area contributed by atoms with Gasteiger partial charge in [-0.05, 0) is 30.2 Å². The SMILES string of the molecule is COc1ccc(C)cc1S(=O)(=O)N1CCO[C@@H](c2ccccc2)C1. The van der Waals surface area contributed by atoms with Gasteiger partial charge in [-0.3, -0.25) is 0 Å². The average molecular weight is 347 g/mol. The second kappa shape index (κ2) is 6.93. The first-order valence-corrected chi connectivity index (χ1v) is 9.27. The third-order valence-electron chi connectivity index (χ3n) is 4.14. The monoisotopic (exact) mass is 347 g/mol. The maximum atomic E-state index is 13.1. The molecule has 0 radical (unpaired) electrons. The minimum atomic E-state index is -3.64. The van der Waals surface area contributed by atoms with Crippen LogP contribution in [-0.2, 0) is 14.8 Å². The third-order valence-corrected chi connectivity index (χ3v) is 6.02. The molecule has 1 aliphatic rings. The van der Waals surface area contributed by atoms with Gasteiger partial charge in [-0.15, -0.1) is 0 Å². The van der Waals surface area contributed by atoms with E-state index in [1.807, 2.05) is 43.3 Å². The van der Waals surface area contributed by atoms with Gasteiger partial charge in [-0.25, -0.2) is 8.42 Å². The standard InChI is InChI=1S/C18H21NO4S/c1-14-8-9-16(22-2)18(12-14)24(20,21)19-10-11-23-17(13-19)15-6-4-3-5-7-15/h3-9,12,17H,10-11,13H2,1-2H3/t17-/m1/s1. The van der Waals surface area contributed by atoms with Crippen molar-refractivity contribution in [1.82, 2.24) is 4.31 Å². The number of morpholine rings is 1. The van der Waals surface area contributed by atoms with Crippen LogP contribution in [-0.4, -0.2) is 39.5 Å². The zero-order valence-corrected chi connectivity index (χ0v) is 14.6. The largest absolute Gasteiger partial charge is 0.495 e. The normalized spacial score (nSPS) is 19.2. The second-order valence-electron chi connectivity index (χ2n) is 5.79. The minimum absolute atomic E-state index is 0.207. The minimum Gasteiger partial charge on any atom is -0.495 e. The summed E-state index contributed by atoms with van der Waals surface area (Å²) in [5.41, 5.74) is 1.86. The highest BCUT2D eigenvalue weighted by atomic mass is 32.2. The maximum Gasteiger partial charge on any atom is 0.246 e. The van der Waals surface area contributed by atoms with Crippen LogP contribution in [0.5, 0.6) is 5.75 Å². The highest BCUT2D eigenvalue weighted by Gasteiger charge is 2.33. The predicted molar refractivity (Wildman–Crippen MR) is 91.6 cm³/mol. The molecule has 0 aromatic heterocycles. The summed E-state index contributed by atoms with van der Waals surface area (Å²) in [5, 5.41) is 0. The summed E-state index contributed by atoms with van der Waals surface area (Å²) >= 11 is 0. The number of aryl methyl sites for hydroxylation is 1. The van der Waals surface area contributed by atoms with Crippen molar-refractivity contribution < 1.29 is 17.9 Å². The Balaban J connectivity index is 1.91. The molecule has 24 heavy (non-hydrogen) atoms. The van der Waals surface area contributed by atoms with Crippen molar-refractivity contribution in [1.29, 1.82) is 0 Å². The molecule has 1 heterocycles. The van der Waals surface area contributed by atoms with E-state index in [9.17, 15) is 8.42 Å². The van der Waals surface area contributed by atoms with Gasteiger partial charge in [0.1, 0.15) is 10.6 Å². The van der Waals surface area contributed by atoms with Crippen LogP contribution in [0.2, 0.25) is 0 Å². The average Bonchev–Trinajstić information content (AvgIpc) is 2.62. The fourth-order valence-corrected chi connectivity index (χ4v) is 4.50. The van der Waals surface area contributed by atoms with Crippen molar-refractivity contribution in [3.05, 3.63) is 59.7 Å². The van der Waals surface area contributed by atoms with E-state index in [4.69, 9.17) is 9.47 Å². The molecule has 3 rings (SSSR count). The Bertz CT molecular complexity index is 805. The Kier molecular flexibility index (Phi) is 4.89. The van der Waals surface area contributed by atoms with Crippen LogP contribution in [0.1, 0.15) is 17.2 Å². The summed E-state index contributed by atoms with van der Waals surface area (Å²) in [4.78, 5) is 0.207. The maximum absolute atomic E-state index is 13.1. The van der Waals surface area contributed by atoms with Gasteiger partial charge >= 0.3 is 0 Å². The van der Waals surface area contributed by atoms with Gasteiger partial charge in [0, 0.05) is 13.1 Å². The Labute approximate surface area is 142 Å². The zero-order valence-electron chi connectivity index (χ0n) is 13.8. The van der Waals surface area contributed by atoms with E-state index in [0.29, 0.717) is 25.4 Å². The van der Waals surface area contributed by atoms with Crippen LogP contribution in [0.15, 0.2) is 53.4 Å². The highest BCUT2D eigenvalue weighted by Crippen LogP contribution is 2.31. The summed E-state index contributed by atoms with van der Waals surface area (Å²) in [6.07, 6.45) is -0.259. The summed E-state index contributed by atoms with van der Waals surface area (Å²) in [6.45, 7) is 2.86. The lowest BCUT2D eigenvalue weighted by molar-refractivity contribution is -0.00259. The topological polar surface area (TPSA) is 55.8 Å². The Morgan fingerprint density at radius 3 is 2.62 bits per heavy atom. The number of hydrogen-bond acceptors (Lipinski definition) is 4. The molecule has 0 N–H and O–H groups in total. The quantitative estimate of drug-likeness (QED) is 0.853. The molecule has 0 bridgehead atoms. The molecule has 1 atom stereocenters. The van der Waals surface area contributed by atoms with Gasteiger partial charge in [0.15, 0.2) is 0 Å². The molecule has 0 saturated carbocycles. The Hall–Kier alpha value is -1.89. The number of sulfonamides is 1. The van der Waals surface area contributed by atoms with Gasteiger partial charge in [-0.1, -0.05) is 36.4 Å². The molecule has 1 aliphatic heterocycles. The number of methoxy groups -OCH3 is 1. The van der Waals surface area contributed by atoms with Crippen molar-refractivity contribution in [3.63, 3.8) is 0 Å². The molecular weight excluding hydrogens is 326 g/mol. The van der Waals surface area contributed by atoms with Crippen molar-refractivity contribution in [2.75, 3.05) is 26.8 Å². The predicted octanol–water partition coefficient (Wildman–Crippen LogP) is 2.77. The van der Waals surface area contributed by atoms with E-state index in [1.54, 1.807) is 12.1 Å². The lowest BCUT2D eigenvalue weighted by Gasteiger charge is -2.32. The van der Waals surface area contributed by atoms with E-state index >= 15 is 0 Å². The second-order valence-corrected chi connectivity index (χ2v) is 7.69. The van der Waals surface area contributed by atoms with Gasteiger partial charge in [-0.2, -0.15) is 4.31 Å². The number of nitrogens with zero attached hydrogens (tertiary/aromatic N) is 1. The highest BCUT2D eigenvalue weighted by molar-refractivity contribution is 7.89. The third kappa shape index (κ3) is 3.31. The van der Waals surface area contributed by atoms with Crippen LogP contribution >= 0.6 is 0 Å². The molecule has 2 aromatic carbocycles. The number of hydrogen-bond donors (Lipinski definition) is 0. The van der Waals surface area contributed by atoms with Crippen LogP contribution in [0, 0.1) is 6.92 Å². The first kappa shape index (κ1) is 17.0. The van der Waals surface area contributed by atoms with Crippen LogP contribution < -0.4 is 4.74 Å². The van der Waals surface area contributed by atoms with Crippen LogP contribution in [0.3, 0.4) is 0 Å². The van der Waals surface area contributed by atoms with E-state index in [0.717, 1.165) is 11.1 Å². The zero-order chi connectivity index (χ0) is 17.2. The molecule has 1 fully saturated rings. The molecule has 6 heteroatoms. The van der Waals surface area contributed by atoms with Gasteiger partial charge in [0.05, 0.1) is 19.8 Å². The summed E-state index contributed by atoms with van der Waals surface area (Å²) in [6, 6.07) is 14.9. The Morgan fingerprint density at radius 1 is 1.17 bits per heavy atom. The van der Waals surface area contributed by atoms with Crippen molar-refractivity contribution >= 4 is 10.0 Å². The molecule has 0 unspecified atom stereocenters. The van der Waals surface area contributed by atoms with E-state index < -0.39 is 10.0 Å². The lowest BCUT2D eigenvalue weighted by Crippen LogP contribution is -2.42. The van der Waals surface area contributed by atoms with Crippen LogP contribution in [0.25, 0.3) is 0 Å². The first-order chi connectivity index (χ1) is 11.5.